The molecule has 6 heteroatoms. The molecule has 0 spiro atoms. The van der Waals surface area contributed by atoms with Gasteiger partial charge in [-0.3, -0.25) is 0 Å². The molecule has 0 saturated carbocycles. The summed E-state index contributed by atoms with van der Waals surface area (Å²) in [5, 5.41) is 3.14. The molecule has 3 N–H and O–H groups in total. The van der Waals surface area contributed by atoms with E-state index in [0.29, 0.717) is 11.9 Å². The second-order valence-corrected chi connectivity index (χ2v) is 4.64. The number of hydrogen-bond acceptors (Lipinski definition) is 6. The SMILES string of the molecule is Cc1ccc(Nc2nc(N)nc(N(C)C)n2)cc1C. The van der Waals surface area contributed by atoms with Crippen LogP contribution in [-0.2, 0) is 0 Å². The van der Waals surface area contributed by atoms with Crippen molar-refractivity contribution in [1.82, 2.24) is 15.0 Å². The Bertz CT molecular complexity index is 594. The summed E-state index contributed by atoms with van der Waals surface area (Å²) in [6.07, 6.45) is 0. The molecule has 0 atom stereocenters. The maximum absolute atomic E-state index is 5.68. The lowest BCUT2D eigenvalue weighted by molar-refractivity contribution is 0.969. The van der Waals surface area contributed by atoms with Crippen LogP contribution >= 0.6 is 0 Å². The maximum atomic E-state index is 5.68. The minimum absolute atomic E-state index is 0.199. The maximum Gasteiger partial charge on any atom is 0.233 e. The van der Waals surface area contributed by atoms with Gasteiger partial charge in [-0.25, -0.2) is 0 Å². The van der Waals surface area contributed by atoms with Gasteiger partial charge in [-0.15, -0.1) is 0 Å². The topological polar surface area (TPSA) is 80.0 Å². The molecule has 19 heavy (non-hydrogen) atoms. The van der Waals surface area contributed by atoms with E-state index in [0.717, 1.165) is 5.69 Å². The summed E-state index contributed by atoms with van der Waals surface area (Å²) >= 11 is 0. The van der Waals surface area contributed by atoms with Crippen LogP contribution in [0.4, 0.5) is 23.5 Å². The fraction of sp³-hybridized carbons (Fsp3) is 0.308. The third-order valence-corrected chi connectivity index (χ3v) is 2.80. The van der Waals surface area contributed by atoms with E-state index in [9.17, 15) is 0 Å². The fourth-order valence-corrected chi connectivity index (χ4v) is 1.58. The van der Waals surface area contributed by atoms with Crippen LogP contribution in [0.3, 0.4) is 0 Å². The van der Waals surface area contributed by atoms with Crippen molar-refractivity contribution >= 4 is 23.5 Å². The number of benzene rings is 1. The first-order chi connectivity index (χ1) is 8.95. The highest BCUT2D eigenvalue weighted by Gasteiger charge is 2.06. The number of nitrogens with zero attached hydrogens (tertiary/aromatic N) is 4. The number of nitrogens with two attached hydrogens (primary N) is 1. The molecular formula is C13H18N6. The monoisotopic (exact) mass is 258 g/mol. The average Bonchev–Trinajstić information content (AvgIpc) is 2.33. The third kappa shape index (κ3) is 3.09. The summed E-state index contributed by atoms with van der Waals surface area (Å²) in [5.74, 6) is 1.17. The van der Waals surface area contributed by atoms with Crippen molar-refractivity contribution in [1.29, 1.82) is 0 Å². The van der Waals surface area contributed by atoms with Gasteiger partial charge in [-0.1, -0.05) is 6.07 Å². The van der Waals surface area contributed by atoms with Crippen LogP contribution in [0.2, 0.25) is 0 Å². The molecule has 6 nitrogen and oxygen atoms in total. The Labute approximate surface area is 112 Å². The van der Waals surface area contributed by atoms with Gasteiger partial charge in [0.1, 0.15) is 0 Å². The Morgan fingerprint density at radius 3 is 2.42 bits per heavy atom. The Kier molecular flexibility index (Phi) is 3.50. The fourth-order valence-electron chi connectivity index (χ4n) is 1.58. The van der Waals surface area contributed by atoms with Gasteiger partial charge in [-0.2, -0.15) is 15.0 Å². The Hall–Kier alpha value is -2.37. The number of rotatable bonds is 3. The van der Waals surface area contributed by atoms with Crippen molar-refractivity contribution in [3.05, 3.63) is 29.3 Å². The van der Waals surface area contributed by atoms with E-state index >= 15 is 0 Å². The third-order valence-electron chi connectivity index (χ3n) is 2.80. The van der Waals surface area contributed by atoms with Crippen LogP contribution in [0, 0.1) is 13.8 Å². The van der Waals surface area contributed by atoms with E-state index < -0.39 is 0 Å². The molecule has 0 amide bonds. The van der Waals surface area contributed by atoms with Crippen LogP contribution in [0.25, 0.3) is 0 Å². The zero-order chi connectivity index (χ0) is 14.0. The number of anilines is 4. The minimum atomic E-state index is 0.199. The van der Waals surface area contributed by atoms with E-state index in [1.165, 1.54) is 11.1 Å². The Balaban J connectivity index is 2.29. The molecule has 0 saturated heterocycles. The summed E-state index contributed by atoms with van der Waals surface area (Å²) in [6.45, 7) is 4.14. The van der Waals surface area contributed by atoms with Gasteiger partial charge < -0.3 is 16.0 Å². The number of aromatic nitrogens is 3. The predicted molar refractivity (Wildman–Crippen MR) is 77.8 cm³/mol. The zero-order valence-corrected chi connectivity index (χ0v) is 11.6. The normalized spacial score (nSPS) is 10.3. The molecule has 0 radical (unpaired) electrons. The van der Waals surface area contributed by atoms with E-state index in [-0.39, 0.29) is 5.95 Å². The molecule has 1 aromatic heterocycles. The van der Waals surface area contributed by atoms with Crippen molar-refractivity contribution in [2.24, 2.45) is 0 Å². The van der Waals surface area contributed by atoms with Crippen LogP contribution in [-0.4, -0.2) is 29.0 Å². The molecule has 1 aromatic carbocycles. The van der Waals surface area contributed by atoms with Gasteiger partial charge in [0, 0.05) is 19.8 Å². The summed E-state index contributed by atoms with van der Waals surface area (Å²) in [6, 6.07) is 6.08. The van der Waals surface area contributed by atoms with E-state index in [1.807, 2.05) is 26.2 Å². The van der Waals surface area contributed by atoms with Crippen molar-refractivity contribution in [3.63, 3.8) is 0 Å². The summed E-state index contributed by atoms with van der Waals surface area (Å²) in [7, 11) is 3.71. The highest BCUT2D eigenvalue weighted by molar-refractivity contribution is 5.57. The lowest BCUT2D eigenvalue weighted by atomic mass is 10.1. The van der Waals surface area contributed by atoms with E-state index in [4.69, 9.17) is 5.73 Å². The van der Waals surface area contributed by atoms with Crippen molar-refractivity contribution in [3.8, 4) is 0 Å². The first-order valence-electron chi connectivity index (χ1n) is 5.99. The van der Waals surface area contributed by atoms with Crippen LogP contribution in [0.1, 0.15) is 11.1 Å². The first kappa shape index (κ1) is 13.1. The predicted octanol–water partition coefficient (Wildman–Crippen LogP) is 1.88. The Morgan fingerprint density at radius 2 is 1.79 bits per heavy atom. The van der Waals surface area contributed by atoms with Crippen LogP contribution < -0.4 is 16.0 Å². The van der Waals surface area contributed by atoms with Gasteiger partial charge in [0.25, 0.3) is 0 Å². The quantitative estimate of drug-likeness (QED) is 0.875. The Morgan fingerprint density at radius 1 is 1.05 bits per heavy atom. The molecule has 0 bridgehead atoms. The van der Waals surface area contributed by atoms with Crippen LogP contribution in [0.15, 0.2) is 18.2 Å². The van der Waals surface area contributed by atoms with E-state index in [1.54, 1.807) is 4.90 Å². The molecule has 1 heterocycles. The highest BCUT2D eigenvalue weighted by Crippen LogP contribution is 2.18. The van der Waals surface area contributed by atoms with Crippen LogP contribution in [0.5, 0.6) is 0 Å². The van der Waals surface area contributed by atoms with E-state index in [2.05, 4.69) is 40.2 Å². The second-order valence-electron chi connectivity index (χ2n) is 4.64. The smallest absolute Gasteiger partial charge is 0.233 e. The standard InChI is InChI=1S/C13H18N6/c1-8-5-6-10(7-9(8)2)15-12-16-11(14)17-13(18-12)19(3)4/h5-7H,1-4H3,(H3,14,15,16,17,18). The number of nitrogen functional groups attached to an aromatic ring is 1. The van der Waals surface area contributed by atoms with Gasteiger partial charge >= 0.3 is 0 Å². The lowest BCUT2D eigenvalue weighted by Gasteiger charge is -2.12. The summed E-state index contributed by atoms with van der Waals surface area (Å²) in [4.78, 5) is 14.2. The number of nitrogens with one attached hydrogen (secondary N) is 1. The lowest BCUT2D eigenvalue weighted by Crippen LogP contribution is -2.15. The van der Waals surface area contributed by atoms with Gasteiger partial charge in [0.2, 0.25) is 17.8 Å². The van der Waals surface area contributed by atoms with Crippen molar-refractivity contribution in [2.75, 3.05) is 30.0 Å². The largest absolute Gasteiger partial charge is 0.368 e. The first-order valence-corrected chi connectivity index (χ1v) is 5.99. The number of hydrogen-bond donors (Lipinski definition) is 2. The molecule has 2 rings (SSSR count). The molecule has 100 valence electrons. The van der Waals surface area contributed by atoms with Crippen molar-refractivity contribution < 1.29 is 0 Å². The molecule has 0 unspecified atom stereocenters. The zero-order valence-electron chi connectivity index (χ0n) is 11.6. The van der Waals surface area contributed by atoms with Gasteiger partial charge in [0.05, 0.1) is 0 Å². The average molecular weight is 258 g/mol. The summed E-state index contributed by atoms with van der Waals surface area (Å²) < 4.78 is 0. The second kappa shape index (κ2) is 5.09. The van der Waals surface area contributed by atoms with Gasteiger partial charge in [-0.05, 0) is 37.1 Å². The molecule has 0 aliphatic carbocycles. The highest BCUT2D eigenvalue weighted by atomic mass is 15.3. The number of aryl methyl sites for hydroxylation is 2. The minimum Gasteiger partial charge on any atom is -0.368 e. The molecule has 0 fully saturated rings. The summed E-state index contributed by atoms with van der Waals surface area (Å²) in [5.41, 5.74) is 9.06. The molecule has 0 aliphatic heterocycles. The molecule has 2 aromatic rings. The van der Waals surface area contributed by atoms with Gasteiger partial charge in [0.15, 0.2) is 0 Å². The molecule has 0 aliphatic rings. The molecular weight excluding hydrogens is 240 g/mol. The van der Waals surface area contributed by atoms with Crippen molar-refractivity contribution in [2.45, 2.75) is 13.8 Å².